The predicted octanol–water partition coefficient (Wildman–Crippen LogP) is 2.77. The van der Waals surface area contributed by atoms with Gasteiger partial charge in [-0.2, -0.15) is 0 Å². The van der Waals surface area contributed by atoms with E-state index in [9.17, 15) is 10.1 Å². The molecule has 0 saturated carbocycles. The van der Waals surface area contributed by atoms with Gasteiger partial charge in [0.05, 0.1) is 30.5 Å². The third-order valence-corrected chi connectivity index (χ3v) is 5.04. The van der Waals surface area contributed by atoms with E-state index < -0.39 is 4.92 Å². The summed E-state index contributed by atoms with van der Waals surface area (Å²) in [6.07, 6.45) is 4.86. The van der Waals surface area contributed by atoms with Crippen molar-refractivity contribution in [1.29, 1.82) is 0 Å². The van der Waals surface area contributed by atoms with Gasteiger partial charge in [0.25, 0.3) is 0 Å². The highest BCUT2D eigenvalue weighted by Crippen LogP contribution is 2.22. The van der Waals surface area contributed by atoms with Gasteiger partial charge in [-0.3, -0.25) is 15.0 Å². The van der Waals surface area contributed by atoms with Gasteiger partial charge in [0.1, 0.15) is 6.61 Å². The van der Waals surface area contributed by atoms with Crippen LogP contribution in [0.4, 0.5) is 11.5 Å². The molecule has 10 heteroatoms. The maximum absolute atomic E-state index is 11.1. The molecule has 0 bridgehead atoms. The van der Waals surface area contributed by atoms with Crippen LogP contribution in [-0.2, 0) is 11.3 Å². The summed E-state index contributed by atoms with van der Waals surface area (Å²) < 4.78 is 11.1. The Kier molecular flexibility index (Phi) is 7.15. The SMILES string of the molecule is O=[N+]([O-])c1cccnc1NCc1cccc(-c2ncc(OCCN3CCOCC3)cn2)c1. The zero-order chi connectivity index (χ0) is 22.2. The summed E-state index contributed by atoms with van der Waals surface area (Å²) in [7, 11) is 0. The van der Waals surface area contributed by atoms with Crippen LogP contribution >= 0.6 is 0 Å². The average Bonchev–Trinajstić information content (AvgIpc) is 2.84. The Morgan fingerprint density at radius 3 is 2.72 bits per heavy atom. The molecule has 0 aliphatic carbocycles. The lowest BCUT2D eigenvalue weighted by molar-refractivity contribution is -0.384. The van der Waals surface area contributed by atoms with Gasteiger partial charge >= 0.3 is 5.69 Å². The molecule has 0 radical (unpaired) electrons. The summed E-state index contributed by atoms with van der Waals surface area (Å²) in [4.78, 5) is 25.9. The van der Waals surface area contributed by atoms with E-state index in [0.717, 1.165) is 44.0 Å². The van der Waals surface area contributed by atoms with Crippen molar-refractivity contribution >= 4 is 11.5 Å². The van der Waals surface area contributed by atoms with Crippen LogP contribution in [0.1, 0.15) is 5.56 Å². The second-order valence-corrected chi connectivity index (χ2v) is 7.23. The van der Waals surface area contributed by atoms with Crippen LogP contribution < -0.4 is 10.1 Å². The molecule has 0 unspecified atom stereocenters. The number of morpholine rings is 1. The van der Waals surface area contributed by atoms with E-state index in [1.54, 1.807) is 12.4 Å². The lowest BCUT2D eigenvalue weighted by atomic mass is 10.1. The Morgan fingerprint density at radius 2 is 1.94 bits per heavy atom. The minimum absolute atomic E-state index is 0.0591. The van der Waals surface area contributed by atoms with Crippen LogP contribution in [-0.4, -0.2) is 64.2 Å². The highest BCUT2D eigenvalue weighted by atomic mass is 16.6. The number of aromatic nitrogens is 3. The summed E-state index contributed by atoms with van der Waals surface area (Å²) in [6.45, 7) is 5.19. The number of hydrogen-bond acceptors (Lipinski definition) is 9. The molecule has 3 heterocycles. The van der Waals surface area contributed by atoms with Crippen LogP contribution in [0.2, 0.25) is 0 Å². The standard InChI is InChI=1S/C22H24N6O4/c29-28(30)20-5-2-6-23-22(20)24-14-17-3-1-4-18(13-17)21-25-15-19(16-26-21)32-12-9-27-7-10-31-11-8-27/h1-6,13,15-16H,7-12,14H2,(H,23,24). The van der Waals surface area contributed by atoms with Crippen molar-refractivity contribution in [2.24, 2.45) is 0 Å². The Labute approximate surface area is 185 Å². The summed E-state index contributed by atoms with van der Waals surface area (Å²) in [6, 6.07) is 10.6. The van der Waals surface area contributed by atoms with Gasteiger partial charge in [-0.25, -0.2) is 15.0 Å². The first-order chi connectivity index (χ1) is 15.7. The molecule has 1 fully saturated rings. The molecule has 1 aromatic carbocycles. The zero-order valence-electron chi connectivity index (χ0n) is 17.5. The fraction of sp³-hybridized carbons (Fsp3) is 0.318. The largest absolute Gasteiger partial charge is 0.489 e. The number of ether oxygens (including phenoxy) is 2. The fourth-order valence-electron chi connectivity index (χ4n) is 3.34. The van der Waals surface area contributed by atoms with Gasteiger partial charge in [0, 0.05) is 44.0 Å². The number of nitrogens with zero attached hydrogens (tertiary/aromatic N) is 5. The Hall–Kier alpha value is -3.63. The second kappa shape index (κ2) is 10.6. The normalized spacial score (nSPS) is 14.1. The Balaban J connectivity index is 1.34. The molecule has 166 valence electrons. The Bertz CT molecular complexity index is 1040. The Morgan fingerprint density at radius 1 is 1.12 bits per heavy atom. The van der Waals surface area contributed by atoms with Gasteiger partial charge in [-0.1, -0.05) is 18.2 Å². The third-order valence-electron chi connectivity index (χ3n) is 5.04. The van der Waals surface area contributed by atoms with Gasteiger partial charge in [0.2, 0.25) is 5.82 Å². The van der Waals surface area contributed by atoms with Gasteiger partial charge in [0.15, 0.2) is 11.6 Å². The molecule has 2 aromatic heterocycles. The molecule has 4 rings (SSSR count). The van der Waals surface area contributed by atoms with Gasteiger partial charge in [-0.05, 0) is 17.7 Å². The highest BCUT2D eigenvalue weighted by molar-refractivity contribution is 5.58. The van der Waals surface area contributed by atoms with Crippen molar-refractivity contribution in [3.63, 3.8) is 0 Å². The van der Waals surface area contributed by atoms with E-state index in [0.29, 0.717) is 24.7 Å². The van der Waals surface area contributed by atoms with Crippen LogP contribution in [0, 0.1) is 10.1 Å². The molecule has 1 saturated heterocycles. The molecule has 1 aliphatic rings. The van der Waals surface area contributed by atoms with Crippen molar-refractivity contribution in [3.05, 3.63) is 70.7 Å². The van der Waals surface area contributed by atoms with E-state index in [2.05, 4.69) is 25.2 Å². The molecule has 3 aromatic rings. The summed E-state index contributed by atoms with van der Waals surface area (Å²) in [5.41, 5.74) is 1.72. The zero-order valence-corrected chi connectivity index (χ0v) is 17.5. The maximum Gasteiger partial charge on any atom is 0.311 e. The summed E-state index contributed by atoms with van der Waals surface area (Å²) in [5.74, 6) is 1.44. The van der Waals surface area contributed by atoms with Crippen LogP contribution in [0.25, 0.3) is 11.4 Å². The lowest BCUT2D eigenvalue weighted by Gasteiger charge is -2.26. The lowest BCUT2D eigenvalue weighted by Crippen LogP contribution is -2.38. The minimum atomic E-state index is -0.454. The van der Waals surface area contributed by atoms with Crippen molar-refractivity contribution in [2.45, 2.75) is 6.54 Å². The minimum Gasteiger partial charge on any atom is -0.489 e. The fourth-order valence-corrected chi connectivity index (χ4v) is 3.34. The topological polar surface area (TPSA) is 116 Å². The number of rotatable bonds is 9. The maximum atomic E-state index is 11.1. The molecule has 0 atom stereocenters. The molecule has 0 spiro atoms. The first-order valence-corrected chi connectivity index (χ1v) is 10.4. The van der Waals surface area contributed by atoms with E-state index in [1.165, 1.54) is 18.3 Å². The summed E-state index contributed by atoms with van der Waals surface area (Å²) in [5, 5.41) is 14.2. The van der Waals surface area contributed by atoms with Crippen molar-refractivity contribution in [2.75, 3.05) is 44.8 Å². The van der Waals surface area contributed by atoms with Crippen LogP contribution in [0.15, 0.2) is 55.0 Å². The smallest absolute Gasteiger partial charge is 0.311 e. The van der Waals surface area contributed by atoms with Gasteiger partial charge in [-0.15, -0.1) is 0 Å². The molecule has 1 aliphatic heterocycles. The molecule has 1 N–H and O–H groups in total. The molecule has 0 amide bonds. The number of nitro groups is 1. The number of nitrogens with one attached hydrogen (secondary N) is 1. The van der Waals surface area contributed by atoms with Crippen molar-refractivity contribution < 1.29 is 14.4 Å². The second-order valence-electron chi connectivity index (χ2n) is 7.23. The quantitative estimate of drug-likeness (QED) is 0.399. The van der Waals surface area contributed by atoms with E-state index >= 15 is 0 Å². The van der Waals surface area contributed by atoms with Crippen LogP contribution in [0.3, 0.4) is 0 Å². The summed E-state index contributed by atoms with van der Waals surface area (Å²) >= 11 is 0. The van der Waals surface area contributed by atoms with E-state index in [1.807, 2.05) is 24.3 Å². The van der Waals surface area contributed by atoms with E-state index in [-0.39, 0.29) is 11.5 Å². The predicted molar refractivity (Wildman–Crippen MR) is 118 cm³/mol. The molecule has 32 heavy (non-hydrogen) atoms. The molecular weight excluding hydrogens is 412 g/mol. The third kappa shape index (κ3) is 5.74. The number of benzene rings is 1. The molecular formula is C22H24N6O4. The van der Waals surface area contributed by atoms with Crippen LogP contribution in [0.5, 0.6) is 5.75 Å². The first kappa shape index (κ1) is 21.6. The van der Waals surface area contributed by atoms with E-state index in [4.69, 9.17) is 9.47 Å². The van der Waals surface area contributed by atoms with Crippen molar-refractivity contribution in [1.82, 2.24) is 19.9 Å². The average molecular weight is 436 g/mol. The highest BCUT2D eigenvalue weighted by Gasteiger charge is 2.14. The molecule has 10 nitrogen and oxygen atoms in total. The number of anilines is 1. The number of pyridine rings is 1. The van der Waals surface area contributed by atoms with Gasteiger partial charge < -0.3 is 14.8 Å². The number of hydrogen-bond donors (Lipinski definition) is 1. The first-order valence-electron chi connectivity index (χ1n) is 10.4. The monoisotopic (exact) mass is 436 g/mol. The van der Waals surface area contributed by atoms with Crippen molar-refractivity contribution in [3.8, 4) is 17.1 Å².